The Morgan fingerprint density at radius 2 is 1.74 bits per heavy atom. The number of hydrogen-bond acceptors (Lipinski definition) is 4. The van der Waals surface area contributed by atoms with Crippen molar-refractivity contribution in [2.75, 3.05) is 20.8 Å². The summed E-state index contributed by atoms with van der Waals surface area (Å²) in [7, 11) is 2.82. The maximum absolute atomic E-state index is 11.2. The number of aryl methyl sites for hydroxylation is 2. The molecule has 1 rings (SSSR count). The predicted molar refractivity (Wildman–Crippen MR) is 71.2 cm³/mol. The quantitative estimate of drug-likeness (QED) is 0.655. The Labute approximate surface area is 112 Å². The molecule has 5 heteroatoms. The SMILES string of the molecule is COC(=O)C(=O)NCCc1cc(C)c(OC)c(C)c1. The molecule has 0 unspecified atom stereocenters. The second-order valence-electron chi connectivity index (χ2n) is 4.26. The average molecular weight is 265 g/mol. The molecule has 1 amide bonds. The number of benzene rings is 1. The molecule has 0 heterocycles. The molecule has 0 aromatic heterocycles. The van der Waals surface area contributed by atoms with Gasteiger partial charge in [-0.05, 0) is 37.0 Å². The number of nitrogens with one attached hydrogen (secondary N) is 1. The molecule has 1 aromatic rings. The standard InChI is InChI=1S/C14H19NO4/c1-9-7-11(8-10(2)12(9)18-3)5-6-15-13(16)14(17)19-4/h7-8H,5-6H2,1-4H3,(H,15,16). The summed E-state index contributed by atoms with van der Waals surface area (Å²) in [5.74, 6) is -0.714. The first kappa shape index (κ1) is 15.0. The highest BCUT2D eigenvalue weighted by atomic mass is 16.5. The van der Waals surface area contributed by atoms with Crippen LogP contribution in [0.15, 0.2) is 12.1 Å². The third-order valence-corrected chi connectivity index (χ3v) is 2.79. The number of esters is 1. The second-order valence-corrected chi connectivity index (χ2v) is 4.26. The molecule has 0 bridgehead atoms. The molecular formula is C14H19NO4. The zero-order chi connectivity index (χ0) is 14.4. The summed E-state index contributed by atoms with van der Waals surface area (Å²) in [4.78, 5) is 22.1. The minimum absolute atomic E-state index is 0.388. The first-order chi connectivity index (χ1) is 8.99. The first-order valence-corrected chi connectivity index (χ1v) is 5.99. The van der Waals surface area contributed by atoms with Crippen molar-refractivity contribution in [3.63, 3.8) is 0 Å². The van der Waals surface area contributed by atoms with Gasteiger partial charge in [-0.3, -0.25) is 4.79 Å². The number of hydrogen-bond donors (Lipinski definition) is 1. The summed E-state index contributed by atoms with van der Waals surface area (Å²) in [6.07, 6.45) is 0.647. The van der Waals surface area contributed by atoms with Crippen molar-refractivity contribution >= 4 is 11.9 Å². The highest BCUT2D eigenvalue weighted by molar-refractivity contribution is 6.32. The van der Waals surface area contributed by atoms with E-state index in [4.69, 9.17) is 4.74 Å². The Balaban J connectivity index is 2.60. The number of amides is 1. The summed E-state index contributed by atoms with van der Waals surface area (Å²) >= 11 is 0. The van der Waals surface area contributed by atoms with E-state index >= 15 is 0 Å². The van der Waals surface area contributed by atoms with E-state index < -0.39 is 11.9 Å². The maximum Gasteiger partial charge on any atom is 0.396 e. The third-order valence-electron chi connectivity index (χ3n) is 2.79. The first-order valence-electron chi connectivity index (χ1n) is 5.99. The summed E-state index contributed by atoms with van der Waals surface area (Å²) < 4.78 is 9.60. The predicted octanol–water partition coefficient (Wildman–Crippen LogP) is 1.14. The lowest BCUT2D eigenvalue weighted by Crippen LogP contribution is -2.33. The smallest absolute Gasteiger partial charge is 0.396 e. The van der Waals surface area contributed by atoms with Crippen LogP contribution in [-0.2, 0) is 20.7 Å². The number of ether oxygens (including phenoxy) is 2. The van der Waals surface area contributed by atoms with Crippen LogP contribution in [-0.4, -0.2) is 32.6 Å². The van der Waals surface area contributed by atoms with Crippen molar-refractivity contribution in [3.8, 4) is 5.75 Å². The zero-order valence-electron chi connectivity index (χ0n) is 11.7. The lowest BCUT2D eigenvalue weighted by atomic mass is 10.0. The summed E-state index contributed by atoms with van der Waals surface area (Å²) in [6, 6.07) is 4.02. The Hall–Kier alpha value is -2.04. The van der Waals surface area contributed by atoms with Gasteiger partial charge in [0, 0.05) is 6.54 Å². The summed E-state index contributed by atoms with van der Waals surface area (Å²) in [5, 5.41) is 2.50. The lowest BCUT2D eigenvalue weighted by Gasteiger charge is -2.11. The van der Waals surface area contributed by atoms with Crippen molar-refractivity contribution in [2.24, 2.45) is 0 Å². The number of rotatable bonds is 4. The van der Waals surface area contributed by atoms with Gasteiger partial charge in [0.05, 0.1) is 14.2 Å². The Bertz CT molecular complexity index is 459. The maximum atomic E-state index is 11.2. The van der Waals surface area contributed by atoms with Crippen molar-refractivity contribution < 1.29 is 19.1 Å². The van der Waals surface area contributed by atoms with E-state index in [9.17, 15) is 9.59 Å². The van der Waals surface area contributed by atoms with Crippen LogP contribution >= 0.6 is 0 Å². The number of carbonyl (C=O) groups is 2. The van der Waals surface area contributed by atoms with E-state index in [1.165, 1.54) is 7.11 Å². The van der Waals surface area contributed by atoms with Crippen LogP contribution in [0.1, 0.15) is 16.7 Å². The lowest BCUT2D eigenvalue weighted by molar-refractivity contribution is -0.152. The molecule has 0 atom stereocenters. The van der Waals surface area contributed by atoms with Gasteiger partial charge in [0.1, 0.15) is 5.75 Å². The van der Waals surface area contributed by atoms with Crippen molar-refractivity contribution in [1.29, 1.82) is 0 Å². The van der Waals surface area contributed by atoms with Gasteiger partial charge in [-0.25, -0.2) is 4.79 Å². The molecule has 5 nitrogen and oxygen atoms in total. The summed E-state index contributed by atoms with van der Waals surface area (Å²) in [6.45, 7) is 4.34. The van der Waals surface area contributed by atoms with Crippen LogP contribution in [0.3, 0.4) is 0 Å². The normalized spacial score (nSPS) is 9.89. The van der Waals surface area contributed by atoms with Crippen LogP contribution in [0, 0.1) is 13.8 Å². The van der Waals surface area contributed by atoms with E-state index in [-0.39, 0.29) is 0 Å². The molecule has 1 aromatic carbocycles. The van der Waals surface area contributed by atoms with Crippen LogP contribution < -0.4 is 10.1 Å². The molecule has 0 saturated heterocycles. The Morgan fingerprint density at radius 3 is 2.21 bits per heavy atom. The molecule has 0 saturated carbocycles. The molecule has 1 N–H and O–H groups in total. The fourth-order valence-electron chi connectivity index (χ4n) is 1.99. The van der Waals surface area contributed by atoms with Crippen LogP contribution in [0.25, 0.3) is 0 Å². The fourth-order valence-corrected chi connectivity index (χ4v) is 1.99. The molecule has 0 aliphatic carbocycles. The van der Waals surface area contributed by atoms with Gasteiger partial charge in [-0.15, -0.1) is 0 Å². The van der Waals surface area contributed by atoms with Gasteiger partial charge < -0.3 is 14.8 Å². The average Bonchev–Trinajstić information content (AvgIpc) is 2.37. The molecule has 0 aliphatic rings. The number of carbonyl (C=O) groups excluding carboxylic acids is 2. The minimum atomic E-state index is -0.873. The molecule has 0 spiro atoms. The molecule has 19 heavy (non-hydrogen) atoms. The van der Waals surface area contributed by atoms with Crippen LogP contribution in [0.4, 0.5) is 0 Å². The van der Waals surface area contributed by atoms with E-state index in [1.807, 2.05) is 26.0 Å². The number of methoxy groups -OCH3 is 2. The minimum Gasteiger partial charge on any atom is -0.496 e. The molecule has 104 valence electrons. The van der Waals surface area contributed by atoms with Gasteiger partial charge in [0.25, 0.3) is 0 Å². The van der Waals surface area contributed by atoms with Gasteiger partial charge in [-0.2, -0.15) is 0 Å². The second kappa shape index (κ2) is 6.78. The largest absolute Gasteiger partial charge is 0.496 e. The molecule has 0 radical (unpaired) electrons. The van der Waals surface area contributed by atoms with Gasteiger partial charge >= 0.3 is 11.9 Å². The van der Waals surface area contributed by atoms with Gasteiger partial charge in [0.2, 0.25) is 0 Å². The van der Waals surface area contributed by atoms with Gasteiger partial charge in [0.15, 0.2) is 0 Å². The van der Waals surface area contributed by atoms with Crippen LogP contribution in [0.5, 0.6) is 5.75 Å². The topological polar surface area (TPSA) is 64.6 Å². The summed E-state index contributed by atoms with van der Waals surface area (Å²) in [5.41, 5.74) is 3.19. The van der Waals surface area contributed by atoms with E-state index in [2.05, 4.69) is 10.1 Å². The van der Waals surface area contributed by atoms with E-state index in [0.29, 0.717) is 13.0 Å². The van der Waals surface area contributed by atoms with Crippen LogP contribution in [0.2, 0.25) is 0 Å². The van der Waals surface area contributed by atoms with E-state index in [0.717, 1.165) is 22.4 Å². The molecular weight excluding hydrogens is 246 g/mol. The monoisotopic (exact) mass is 265 g/mol. The van der Waals surface area contributed by atoms with Crippen molar-refractivity contribution in [1.82, 2.24) is 5.32 Å². The zero-order valence-corrected chi connectivity index (χ0v) is 11.7. The molecule has 0 aliphatic heterocycles. The van der Waals surface area contributed by atoms with E-state index in [1.54, 1.807) is 7.11 Å². The van der Waals surface area contributed by atoms with Crippen molar-refractivity contribution in [2.45, 2.75) is 20.3 Å². The highest BCUT2D eigenvalue weighted by Crippen LogP contribution is 2.24. The molecule has 0 fully saturated rings. The Morgan fingerprint density at radius 1 is 1.16 bits per heavy atom. The highest BCUT2D eigenvalue weighted by Gasteiger charge is 2.12. The third kappa shape index (κ3) is 3.98. The van der Waals surface area contributed by atoms with Crippen molar-refractivity contribution in [3.05, 3.63) is 28.8 Å². The van der Waals surface area contributed by atoms with Gasteiger partial charge in [-0.1, -0.05) is 12.1 Å². The Kier molecular flexibility index (Phi) is 5.36. The fraction of sp³-hybridized carbons (Fsp3) is 0.429.